The molecule has 1 fully saturated rings. The van der Waals surface area contributed by atoms with Crippen LogP contribution in [0, 0.1) is 12.3 Å². The van der Waals surface area contributed by atoms with Gasteiger partial charge in [0, 0.05) is 6.54 Å². The fourth-order valence-electron chi connectivity index (χ4n) is 2.80. The monoisotopic (exact) mass is 343 g/mol. The number of hydrogen-bond donors (Lipinski definition) is 0. The molecule has 0 spiro atoms. The van der Waals surface area contributed by atoms with Crippen LogP contribution >= 0.6 is 0 Å². The molecule has 5 heteroatoms. The average molecular weight is 343 g/mol. The van der Waals surface area contributed by atoms with Crippen molar-refractivity contribution < 1.29 is 19.1 Å². The molecule has 1 amide bonds. The summed E-state index contributed by atoms with van der Waals surface area (Å²) in [5.41, 5.74) is -0.159. The van der Waals surface area contributed by atoms with Gasteiger partial charge < -0.3 is 14.4 Å². The van der Waals surface area contributed by atoms with Crippen LogP contribution < -0.4 is 0 Å². The Kier molecular flexibility index (Phi) is 6.08. The maximum Gasteiger partial charge on any atom is 0.410 e. The Balaban J connectivity index is 2.12. The van der Waals surface area contributed by atoms with Gasteiger partial charge in [-0.05, 0) is 52.2 Å². The van der Waals surface area contributed by atoms with Crippen molar-refractivity contribution in [3.63, 3.8) is 0 Å². The summed E-state index contributed by atoms with van der Waals surface area (Å²) >= 11 is 0. The number of piperidine rings is 1. The summed E-state index contributed by atoms with van der Waals surface area (Å²) in [5.74, 6) is 2.04. The van der Waals surface area contributed by atoms with Crippen LogP contribution in [0.15, 0.2) is 30.3 Å². The molecule has 0 aromatic heterocycles. The number of benzene rings is 1. The molecule has 1 aromatic rings. The third kappa shape index (κ3) is 5.25. The zero-order valence-corrected chi connectivity index (χ0v) is 15.0. The van der Waals surface area contributed by atoms with Gasteiger partial charge in [0.05, 0.1) is 11.6 Å². The molecule has 2 rings (SSSR count). The molecule has 0 radical (unpaired) electrons. The molecule has 1 aromatic carbocycles. The second-order valence-electron chi connectivity index (χ2n) is 7.10. The van der Waals surface area contributed by atoms with E-state index in [1.807, 2.05) is 26.8 Å². The average Bonchev–Trinajstić information content (AvgIpc) is 2.58. The van der Waals surface area contributed by atoms with Crippen molar-refractivity contribution in [3.8, 4) is 12.3 Å². The van der Waals surface area contributed by atoms with Gasteiger partial charge in [-0.15, -0.1) is 6.42 Å². The van der Waals surface area contributed by atoms with Gasteiger partial charge in [-0.3, -0.25) is 0 Å². The van der Waals surface area contributed by atoms with Crippen molar-refractivity contribution in [3.05, 3.63) is 35.9 Å². The van der Waals surface area contributed by atoms with Crippen molar-refractivity contribution in [2.24, 2.45) is 0 Å². The molecule has 0 aliphatic carbocycles. The molecule has 1 saturated heterocycles. The first-order valence-electron chi connectivity index (χ1n) is 8.53. The summed E-state index contributed by atoms with van der Waals surface area (Å²) in [6.45, 7) is 5.99. The van der Waals surface area contributed by atoms with Crippen LogP contribution in [-0.4, -0.2) is 41.3 Å². The van der Waals surface area contributed by atoms with E-state index in [-0.39, 0.29) is 6.04 Å². The molecule has 5 nitrogen and oxygen atoms in total. The van der Waals surface area contributed by atoms with Crippen molar-refractivity contribution in [2.45, 2.75) is 57.8 Å². The molecule has 0 unspecified atom stereocenters. The first-order valence-corrected chi connectivity index (χ1v) is 8.53. The Hall–Kier alpha value is -2.48. The zero-order chi connectivity index (χ0) is 18.4. The summed E-state index contributed by atoms with van der Waals surface area (Å²) in [5, 5.41) is 0. The third-order valence-electron chi connectivity index (χ3n) is 3.93. The lowest BCUT2D eigenvalue weighted by molar-refractivity contribution is -0.0168. The summed E-state index contributed by atoms with van der Waals surface area (Å²) < 4.78 is 11.0. The van der Waals surface area contributed by atoms with Gasteiger partial charge in [0.1, 0.15) is 5.60 Å². The fourth-order valence-corrected chi connectivity index (χ4v) is 2.80. The predicted molar refractivity (Wildman–Crippen MR) is 95.1 cm³/mol. The van der Waals surface area contributed by atoms with Gasteiger partial charge in [0.25, 0.3) is 0 Å². The van der Waals surface area contributed by atoms with Crippen LogP contribution in [0.1, 0.15) is 50.4 Å². The van der Waals surface area contributed by atoms with Gasteiger partial charge in [-0.1, -0.05) is 24.1 Å². The Labute approximate surface area is 149 Å². The second-order valence-corrected chi connectivity index (χ2v) is 7.10. The quantitative estimate of drug-likeness (QED) is 0.621. The molecule has 0 bridgehead atoms. The van der Waals surface area contributed by atoms with E-state index in [2.05, 4.69) is 5.92 Å². The number of rotatable bonds is 3. The van der Waals surface area contributed by atoms with E-state index >= 15 is 0 Å². The summed E-state index contributed by atoms with van der Waals surface area (Å²) in [6.07, 6.45) is 6.86. The lowest BCUT2D eigenvalue weighted by Crippen LogP contribution is -2.52. The van der Waals surface area contributed by atoms with E-state index in [4.69, 9.17) is 15.9 Å². The highest BCUT2D eigenvalue weighted by molar-refractivity contribution is 5.89. The highest BCUT2D eigenvalue weighted by atomic mass is 16.6. The van der Waals surface area contributed by atoms with Crippen LogP contribution in [0.4, 0.5) is 4.79 Å². The van der Waals surface area contributed by atoms with Crippen molar-refractivity contribution >= 4 is 12.1 Å². The van der Waals surface area contributed by atoms with Crippen LogP contribution in [0.25, 0.3) is 0 Å². The van der Waals surface area contributed by atoms with E-state index in [0.717, 1.165) is 12.8 Å². The van der Waals surface area contributed by atoms with Crippen molar-refractivity contribution in [1.29, 1.82) is 0 Å². The Morgan fingerprint density at radius 2 is 1.92 bits per heavy atom. The van der Waals surface area contributed by atoms with Gasteiger partial charge in [0.15, 0.2) is 6.10 Å². The summed E-state index contributed by atoms with van der Waals surface area (Å²) in [6, 6.07) is 8.30. The number of likely N-dealkylation sites (tertiary alicyclic amines) is 1. The van der Waals surface area contributed by atoms with Gasteiger partial charge in [0.2, 0.25) is 0 Å². The number of esters is 1. The molecule has 134 valence electrons. The number of hydrogen-bond acceptors (Lipinski definition) is 4. The van der Waals surface area contributed by atoms with Gasteiger partial charge in [-0.25, -0.2) is 9.59 Å². The molecule has 25 heavy (non-hydrogen) atoms. The molecular weight excluding hydrogens is 318 g/mol. The maximum absolute atomic E-state index is 12.5. The SMILES string of the molecule is C#C[C@H](OC(=O)c1ccccc1)[C@H]1CCCCN1C(=O)OC(C)(C)C. The molecule has 0 saturated carbocycles. The van der Waals surface area contributed by atoms with Gasteiger partial charge >= 0.3 is 12.1 Å². The lowest BCUT2D eigenvalue weighted by Gasteiger charge is -2.38. The number of nitrogens with zero attached hydrogens (tertiary/aromatic N) is 1. The highest BCUT2D eigenvalue weighted by Crippen LogP contribution is 2.24. The van der Waals surface area contributed by atoms with Crippen LogP contribution in [0.2, 0.25) is 0 Å². The van der Waals surface area contributed by atoms with Crippen molar-refractivity contribution in [1.82, 2.24) is 4.90 Å². The highest BCUT2D eigenvalue weighted by Gasteiger charge is 2.36. The fraction of sp³-hybridized carbons (Fsp3) is 0.500. The topological polar surface area (TPSA) is 55.8 Å². The van der Waals surface area contributed by atoms with Crippen LogP contribution in [0.5, 0.6) is 0 Å². The normalized spacial score (nSPS) is 18.8. The van der Waals surface area contributed by atoms with E-state index in [1.54, 1.807) is 29.2 Å². The number of carbonyl (C=O) groups excluding carboxylic acids is 2. The van der Waals surface area contributed by atoms with E-state index < -0.39 is 23.8 Å². The van der Waals surface area contributed by atoms with Gasteiger partial charge in [-0.2, -0.15) is 0 Å². The number of terminal acetylenes is 1. The smallest absolute Gasteiger partial charge is 0.410 e. The minimum atomic E-state index is -0.805. The summed E-state index contributed by atoms with van der Waals surface area (Å²) in [4.78, 5) is 26.4. The number of carbonyl (C=O) groups is 2. The molecule has 1 aliphatic heterocycles. The maximum atomic E-state index is 12.5. The molecular formula is C20H25NO4. The van der Waals surface area contributed by atoms with E-state index in [9.17, 15) is 9.59 Å². The third-order valence-corrected chi connectivity index (χ3v) is 3.93. The lowest BCUT2D eigenvalue weighted by atomic mass is 9.98. The Morgan fingerprint density at radius 3 is 2.52 bits per heavy atom. The number of ether oxygens (including phenoxy) is 2. The first kappa shape index (κ1) is 18.9. The largest absolute Gasteiger partial charge is 0.444 e. The van der Waals surface area contributed by atoms with E-state index in [1.165, 1.54) is 0 Å². The molecule has 0 N–H and O–H groups in total. The second kappa shape index (κ2) is 8.06. The number of amides is 1. The molecule has 2 atom stereocenters. The minimum absolute atomic E-state index is 0.374. The molecule has 1 heterocycles. The van der Waals surface area contributed by atoms with Crippen LogP contribution in [0.3, 0.4) is 0 Å². The van der Waals surface area contributed by atoms with Crippen LogP contribution in [-0.2, 0) is 9.47 Å². The zero-order valence-electron chi connectivity index (χ0n) is 15.0. The first-order chi connectivity index (χ1) is 11.8. The Bertz CT molecular complexity index is 642. The van der Waals surface area contributed by atoms with Crippen molar-refractivity contribution in [2.75, 3.05) is 6.54 Å². The standard InChI is InChI=1S/C20H25NO4/c1-5-17(24-18(22)15-11-7-6-8-12-15)16-13-9-10-14-21(16)19(23)25-20(2,3)4/h1,6-8,11-12,16-17H,9-10,13-14H2,2-4H3/t16-,17+/m1/s1. The Morgan fingerprint density at radius 1 is 1.24 bits per heavy atom. The molecule has 1 aliphatic rings. The van der Waals surface area contributed by atoms with E-state index in [0.29, 0.717) is 18.5 Å². The minimum Gasteiger partial charge on any atom is -0.444 e. The summed E-state index contributed by atoms with van der Waals surface area (Å²) in [7, 11) is 0. The predicted octanol–water partition coefficient (Wildman–Crippen LogP) is 3.63.